The third-order valence-electron chi connectivity index (χ3n) is 3.35. The zero-order chi connectivity index (χ0) is 17.0. The Labute approximate surface area is 134 Å². The first-order valence-corrected chi connectivity index (χ1v) is 8.51. The molecular formula is C16H17F2NO3S. The molecule has 23 heavy (non-hydrogen) atoms. The lowest BCUT2D eigenvalue weighted by atomic mass is 10.2. The van der Waals surface area contributed by atoms with Crippen LogP contribution >= 0.6 is 0 Å². The molecule has 7 heteroatoms. The van der Waals surface area contributed by atoms with Crippen molar-refractivity contribution >= 4 is 15.7 Å². The van der Waals surface area contributed by atoms with Gasteiger partial charge in [-0.15, -0.1) is 0 Å². The first-order chi connectivity index (χ1) is 10.9. The van der Waals surface area contributed by atoms with E-state index in [1.54, 1.807) is 25.1 Å². The van der Waals surface area contributed by atoms with Crippen LogP contribution < -0.4 is 4.31 Å². The van der Waals surface area contributed by atoms with E-state index in [2.05, 4.69) is 0 Å². The molecule has 2 aromatic rings. The number of nitrogens with zero attached hydrogens (tertiary/aromatic N) is 1. The van der Waals surface area contributed by atoms with Crippen LogP contribution in [0.5, 0.6) is 0 Å². The second-order valence-electron chi connectivity index (χ2n) is 5.01. The number of anilines is 1. The van der Waals surface area contributed by atoms with E-state index < -0.39 is 32.7 Å². The minimum Gasteiger partial charge on any atom is -0.391 e. The molecule has 0 bridgehead atoms. The molecule has 1 unspecified atom stereocenters. The van der Waals surface area contributed by atoms with E-state index in [0.717, 1.165) is 16.4 Å². The third kappa shape index (κ3) is 3.86. The normalized spacial score (nSPS) is 12.9. The van der Waals surface area contributed by atoms with Gasteiger partial charge in [-0.3, -0.25) is 4.31 Å². The van der Waals surface area contributed by atoms with Crippen LogP contribution in [0.3, 0.4) is 0 Å². The summed E-state index contributed by atoms with van der Waals surface area (Å²) in [6, 6.07) is 10.3. The number of hydrogen-bond acceptors (Lipinski definition) is 3. The second-order valence-corrected chi connectivity index (χ2v) is 6.84. The summed E-state index contributed by atoms with van der Waals surface area (Å²) in [5, 5.41) is 9.85. The van der Waals surface area contributed by atoms with Gasteiger partial charge in [0.25, 0.3) is 10.0 Å². The molecule has 2 rings (SSSR count). The van der Waals surface area contributed by atoms with Crippen LogP contribution in [-0.2, 0) is 10.0 Å². The number of aliphatic hydroxyl groups excluding tert-OH is 1. The number of para-hydroxylation sites is 1. The molecular weight excluding hydrogens is 324 g/mol. The van der Waals surface area contributed by atoms with Crippen LogP contribution in [0.4, 0.5) is 14.5 Å². The van der Waals surface area contributed by atoms with E-state index in [0.29, 0.717) is 12.5 Å². The smallest absolute Gasteiger partial charge is 0.267 e. The molecule has 0 saturated carbocycles. The largest absolute Gasteiger partial charge is 0.391 e. The fourth-order valence-electron chi connectivity index (χ4n) is 2.05. The van der Waals surface area contributed by atoms with Crippen LogP contribution in [-0.4, -0.2) is 26.2 Å². The zero-order valence-corrected chi connectivity index (χ0v) is 13.3. The molecule has 0 radical (unpaired) electrons. The van der Waals surface area contributed by atoms with Gasteiger partial charge in [-0.05, 0) is 36.8 Å². The van der Waals surface area contributed by atoms with Crippen LogP contribution in [0.15, 0.2) is 53.4 Å². The molecule has 124 valence electrons. The maximum atomic E-state index is 13.9. The summed E-state index contributed by atoms with van der Waals surface area (Å²) in [6.45, 7) is 1.45. The topological polar surface area (TPSA) is 57.6 Å². The van der Waals surface area contributed by atoms with Crippen molar-refractivity contribution in [3.63, 3.8) is 0 Å². The molecule has 0 spiro atoms. The maximum Gasteiger partial charge on any atom is 0.267 e. The van der Waals surface area contributed by atoms with Crippen molar-refractivity contribution in [3.8, 4) is 0 Å². The Bertz CT molecular complexity index is 766. The molecule has 0 saturated heterocycles. The predicted molar refractivity (Wildman–Crippen MR) is 83.6 cm³/mol. The molecule has 0 aliphatic heterocycles. The maximum absolute atomic E-state index is 13.9. The van der Waals surface area contributed by atoms with E-state index in [1.807, 2.05) is 0 Å². The molecule has 0 aromatic heterocycles. The molecule has 0 fully saturated rings. The highest BCUT2D eigenvalue weighted by molar-refractivity contribution is 7.92. The number of hydrogen-bond donors (Lipinski definition) is 1. The van der Waals surface area contributed by atoms with Gasteiger partial charge in [-0.25, -0.2) is 17.2 Å². The molecule has 0 amide bonds. The summed E-state index contributed by atoms with van der Waals surface area (Å²) in [7, 11) is -4.35. The quantitative estimate of drug-likeness (QED) is 0.879. The van der Waals surface area contributed by atoms with Crippen molar-refractivity contribution in [3.05, 3.63) is 60.2 Å². The molecule has 1 N–H and O–H groups in total. The van der Waals surface area contributed by atoms with Crippen LogP contribution in [0.1, 0.15) is 13.3 Å². The molecule has 2 aromatic carbocycles. The van der Waals surface area contributed by atoms with E-state index in [9.17, 15) is 22.3 Å². The SMILES string of the molecule is CCC(O)CN(c1ccccc1)S(=O)(=O)c1cc(F)ccc1F. The molecule has 0 aliphatic rings. The average molecular weight is 341 g/mol. The highest BCUT2D eigenvalue weighted by atomic mass is 32.2. The number of rotatable bonds is 6. The number of sulfonamides is 1. The average Bonchev–Trinajstić information content (AvgIpc) is 2.55. The summed E-state index contributed by atoms with van der Waals surface area (Å²) >= 11 is 0. The fourth-order valence-corrected chi connectivity index (χ4v) is 3.63. The Morgan fingerprint density at radius 3 is 2.39 bits per heavy atom. The van der Waals surface area contributed by atoms with Gasteiger partial charge in [-0.2, -0.15) is 0 Å². The van der Waals surface area contributed by atoms with Gasteiger partial charge in [0.1, 0.15) is 16.5 Å². The molecule has 0 aliphatic carbocycles. The van der Waals surface area contributed by atoms with E-state index in [4.69, 9.17) is 0 Å². The van der Waals surface area contributed by atoms with E-state index in [1.165, 1.54) is 12.1 Å². The van der Waals surface area contributed by atoms with Crippen molar-refractivity contribution < 1.29 is 22.3 Å². The Morgan fingerprint density at radius 1 is 1.13 bits per heavy atom. The fraction of sp³-hybridized carbons (Fsp3) is 0.250. The molecule has 0 heterocycles. The van der Waals surface area contributed by atoms with Crippen LogP contribution in [0, 0.1) is 11.6 Å². The zero-order valence-electron chi connectivity index (χ0n) is 12.5. The minimum atomic E-state index is -4.35. The third-order valence-corrected chi connectivity index (χ3v) is 5.16. The van der Waals surface area contributed by atoms with E-state index in [-0.39, 0.29) is 12.2 Å². The lowest BCUT2D eigenvalue weighted by Crippen LogP contribution is -2.37. The minimum absolute atomic E-state index is 0.251. The summed E-state index contributed by atoms with van der Waals surface area (Å²) in [4.78, 5) is -0.760. The lowest BCUT2D eigenvalue weighted by molar-refractivity contribution is 0.179. The first-order valence-electron chi connectivity index (χ1n) is 7.07. The summed E-state index contributed by atoms with van der Waals surface area (Å²) < 4.78 is 53.7. The summed E-state index contributed by atoms with van der Waals surface area (Å²) in [5.74, 6) is -1.90. The van der Waals surface area contributed by atoms with E-state index >= 15 is 0 Å². The first kappa shape index (κ1) is 17.4. The van der Waals surface area contributed by atoms with Crippen molar-refractivity contribution in [2.45, 2.75) is 24.3 Å². The predicted octanol–water partition coefficient (Wildman–Crippen LogP) is 2.93. The lowest BCUT2D eigenvalue weighted by Gasteiger charge is -2.26. The highest BCUT2D eigenvalue weighted by Gasteiger charge is 2.29. The van der Waals surface area contributed by atoms with Crippen molar-refractivity contribution in [2.24, 2.45) is 0 Å². The van der Waals surface area contributed by atoms with Gasteiger partial charge >= 0.3 is 0 Å². The van der Waals surface area contributed by atoms with Crippen molar-refractivity contribution in [1.29, 1.82) is 0 Å². The molecule has 1 atom stereocenters. The monoisotopic (exact) mass is 341 g/mol. The summed E-state index contributed by atoms with van der Waals surface area (Å²) in [6.07, 6.45) is -0.605. The van der Waals surface area contributed by atoms with Gasteiger partial charge in [0, 0.05) is 0 Å². The Hall–Kier alpha value is -1.99. The van der Waals surface area contributed by atoms with Gasteiger partial charge in [-0.1, -0.05) is 25.1 Å². The number of benzene rings is 2. The number of aliphatic hydroxyl groups is 1. The molecule has 4 nitrogen and oxygen atoms in total. The Balaban J connectivity index is 2.55. The Morgan fingerprint density at radius 2 is 1.78 bits per heavy atom. The van der Waals surface area contributed by atoms with Crippen molar-refractivity contribution in [2.75, 3.05) is 10.8 Å². The number of halogens is 2. The van der Waals surface area contributed by atoms with Crippen molar-refractivity contribution in [1.82, 2.24) is 0 Å². The second kappa shape index (κ2) is 7.06. The summed E-state index contributed by atoms with van der Waals surface area (Å²) in [5.41, 5.74) is 0.267. The van der Waals surface area contributed by atoms with Gasteiger partial charge < -0.3 is 5.11 Å². The van der Waals surface area contributed by atoms with Gasteiger partial charge in [0.2, 0.25) is 0 Å². The van der Waals surface area contributed by atoms with Crippen LogP contribution in [0.2, 0.25) is 0 Å². The van der Waals surface area contributed by atoms with Gasteiger partial charge in [0.15, 0.2) is 0 Å². The highest BCUT2D eigenvalue weighted by Crippen LogP contribution is 2.26. The Kier molecular flexibility index (Phi) is 5.33. The van der Waals surface area contributed by atoms with Crippen LogP contribution in [0.25, 0.3) is 0 Å². The van der Waals surface area contributed by atoms with Gasteiger partial charge in [0.05, 0.1) is 18.3 Å². The standard InChI is InChI=1S/C16H17F2NO3S/c1-2-14(20)11-19(13-6-4-3-5-7-13)23(21,22)16-10-12(17)8-9-15(16)18/h3-10,14,20H,2,11H2,1H3.